The van der Waals surface area contributed by atoms with Gasteiger partial charge in [-0.05, 0) is 43.5 Å². The van der Waals surface area contributed by atoms with Gasteiger partial charge in [0.2, 0.25) is 0 Å². The topological polar surface area (TPSA) is 24.9 Å². The molecule has 2 nitrogen and oxygen atoms in total. The van der Waals surface area contributed by atoms with Crippen LogP contribution in [0.2, 0.25) is 5.02 Å². The molecule has 1 N–H and O–H groups in total. The summed E-state index contributed by atoms with van der Waals surface area (Å²) < 4.78 is 1.07. The van der Waals surface area contributed by atoms with Gasteiger partial charge in [0.05, 0.1) is 6.04 Å². The van der Waals surface area contributed by atoms with E-state index in [0.717, 1.165) is 25.8 Å². The van der Waals surface area contributed by atoms with Crippen LogP contribution in [-0.2, 0) is 0 Å². The number of aryl methyl sites for hydroxylation is 1. The number of halogens is 2. The second kappa shape index (κ2) is 5.52. The average molecular weight is 358 g/mol. The minimum atomic E-state index is 0.124. The fourth-order valence-electron chi connectivity index (χ4n) is 2.02. The maximum atomic E-state index is 6.14. The van der Waals surface area contributed by atoms with Crippen molar-refractivity contribution in [2.45, 2.75) is 31.8 Å². The molecule has 0 spiro atoms. The van der Waals surface area contributed by atoms with Crippen molar-refractivity contribution in [1.82, 2.24) is 10.3 Å². The van der Waals surface area contributed by atoms with Gasteiger partial charge < -0.3 is 5.32 Å². The molecule has 1 heterocycles. The number of aromatic nitrogens is 1. The lowest BCUT2D eigenvalue weighted by Crippen LogP contribution is -2.24. The number of benzene rings is 1. The van der Waals surface area contributed by atoms with Gasteiger partial charge in [-0.2, -0.15) is 0 Å². The van der Waals surface area contributed by atoms with Crippen molar-refractivity contribution in [3.8, 4) is 0 Å². The van der Waals surface area contributed by atoms with E-state index in [1.807, 2.05) is 25.1 Å². The van der Waals surface area contributed by atoms with E-state index >= 15 is 0 Å². The molecule has 1 aromatic carbocycles. The van der Waals surface area contributed by atoms with Crippen LogP contribution >= 0.6 is 38.9 Å². The summed E-state index contributed by atoms with van der Waals surface area (Å²) in [4.78, 5) is 4.63. The van der Waals surface area contributed by atoms with Crippen molar-refractivity contribution < 1.29 is 0 Å². The fraction of sp³-hybridized carbons (Fsp3) is 0.357. The summed E-state index contributed by atoms with van der Waals surface area (Å²) in [7, 11) is 0. The van der Waals surface area contributed by atoms with Crippen molar-refractivity contribution in [3.63, 3.8) is 0 Å². The largest absolute Gasteiger partial charge is 0.301 e. The van der Waals surface area contributed by atoms with Crippen molar-refractivity contribution in [1.29, 1.82) is 0 Å². The molecule has 0 radical (unpaired) electrons. The molecule has 1 fully saturated rings. The summed E-state index contributed by atoms with van der Waals surface area (Å²) in [5, 5.41) is 7.62. The Hall–Kier alpha value is -0.420. The van der Waals surface area contributed by atoms with Crippen LogP contribution in [0.5, 0.6) is 0 Å². The van der Waals surface area contributed by atoms with E-state index in [1.165, 1.54) is 12.8 Å². The number of hydrogen-bond acceptors (Lipinski definition) is 3. The Morgan fingerprint density at radius 2 is 2.26 bits per heavy atom. The van der Waals surface area contributed by atoms with E-state index in [1.54, 1.807) is 11.3 Å². The zero-order chi connectivity index (χ0) is 13.4. The average Bonchev–Trinajstić information content (AvgIpc) is 3.10. The zero-order valence-corrected chi connectivity index (χ0v) is 13.6. The van der Waals surface area contributed by atoms with E-state index in [4.69, 9.17) is 11.6 Å². The highest BCUT2D eigenvalue weighted by Gasteiger charge is 2.28. The van der Waals surface area contributed by atoms with E-state index < -0.39 is 0 Å². The Morgan fingerprint density at radius 3 is 2.89 bits per heavy atom. The van der Waals surface area contributed by atoms with Crippen LogP contribution in [0.15, 0.2) is 28.1 Å². The molecule has 1 unspecified atom stereocenters. The number of nitrogens with one attached hydrogen (secondary N) is 1. The molecule has 0 amide bonds. The Kier molecular flexibility index (Phi) is 3.94. The first-order valence-corrected chi connectivity index (χ1v) is 8.31. The number of hydrogen-bond donors (Lipinski definition) is 1. The van der Waals surface area contributed by atoms with Crippen molar-refractivity contribution >= 4 is 38.9 Å². The van der Waals surface area contributed by atoms with Crippen LogP contribution in [-0.4, -0.2) is 11.0 Å². The third-order valence-corrected chi connectivity index (χ3v) is 5.12. The van der Waals surface area contributed by atoms with Crippen LogP contribution in [0.1, 0.15) is 35.1 Å². The Morgan fingerprint density at radius 1 is 1.47 bits per heavy atom. The molecular weight excluding hydrogens is 344 g/mol. The second-order valence-corrected chi connectivity index (χ2v) is 7.05. The number of nitrogens with zero attached hydrogens (tertiary/aromatic N) is 1. The van der Waals surface area contributed by atoms with Crippen molar-refractivity contribution in [3.05, 3.63) is 49.3 Å². The number of thiazole rings is 1. The maximum Gasteiger partial charge on any atom is 0.114 e. The molecule has 1 aliphatic carbocycles. The van der Waals surface area contributed by atoms with Gasteiger partial charge in [-0.15, -0.1) is 11.3 Å². The molecule has 1 saturated carbocycles. The Labute approximate surface area is 130 Å². The van der Waals surface area contributed by atoms with Gasteiger partial charge in [-0.1, -0.05) is 27.5 Å². The minimum Gasteiger partial charge on any atom is -0.301 e. The Bertz CT molecular complexity index is 595. The van der Waals surface area contributed by atoms with E-state index in [2.05, 4.69) is 31.6 Å². The lowest BCUT2D eigenvalue weighted by atomic mass is 10.1. The molecule has 3 rings (SSSR count). The van der Waals surface area contributed by atoms with Crippen molar-refractivity contribution in [2.24, 2.45) is 0 Å². The monoisotopic (exact) mass is 356 g/mol. The molecule has 0 bridgehead atoms. The van der Waals surface area contributed by atoms with Crippen LogP contribution in [0.4, 0.5) is 0 Å². The lowest BCUT2D eigenvalue weighted by Gasteiger charge is -2.18. The predicted molar refractivity (Wildman–Crippen MR) is 84.0 cm³/mol. The van der Waals surface area contributed by atoms with Crippen LogP contribution in [0.25, 0.3) is 0 Å². The third-order valence-electron chi connectivity index (χ3n) is 3.13. The predicted octanol–water partition coefficient (Wildman–Crippen LogP) is 4.71. The summed E-state index contributed by atoms with van der Waals surface area (Å²) in [6, 6.07) is 6.65. The number of rotatable bonds is 4. The van der Waals surface area contributed by atoms with Crippen LogP contribution in [0.3, 0.4) is 0 Å². The normalized spacial score (nSPS) is 16.6. The lowest BCUT2D eigenvalue weighted by molar-refractivity contribution is 0.595. The minimum absolute atomic E-state index is 0.124. The molecule has 1 atom stereocenters. The first-order valence-electron chi connectivity index (χ1n) is 6.26. The van der Waals surface area contributed by atoms with Crippen LogP contribution in [0, 0.1) is 6.92 Å². The summed E-state index contributed by atoms with van der Waals surface area (Å²) in [6.07, 6.45) is 2.50. The molecule has 1 aliphatic rings. The highest BCUT2D eigenvalue weighted by atomic mass is 79.9. The van der Waals surface area contributed by atoms with Gasteiger partial charge in [0.1, 0.15) is 5.01 Å². The first-order chi connectivity index (χ1) is 9.13. The Balaban J connectivity index is 2.00. The summed E-state index contributed by atoms with van der Waals surface area (Å²) in [5.74, 6) is 0. The van der Waals surface area contributed by atoms with E-state index in [0.29, 0.717) is 6.04 Å². The summed E-state index contributed by atoms with van der Waals surface area (Å²) in [6.45, 7) is 2.03. The zero-order valence-electron chi connectivity index (χ0n) is 10.5. The highest BCUT2D eigenvalue weighted by Crippen LogP contribution is 2.35. The molecule has 2 aromatic rings. The highest BCUT2D eigenvalue weighted by molar-refractivity contribution is 9.10. The summed E-state index contributed by atoms with van der Waals surface area (Å²) in [5.41, 5.74) is 2.23. The fourth-order valence-corrected chi connectivity index (χ4v) is 3.55. The van der Waals surface area contributed by atoms with Gasteiger partial charge in [0, 0.05) is 26.6 Å². The molecular formula is C14H14BrClN2S. The van der Waals surface area contributed by atoms with E-state index in [-0.39, 0.29) is 6.04 Å². The quantitative estimate of drug-likeness (QED) is 0.857. The van der Waals surface area contributed by atoms with Gasteiger partial charge in [0.15, 0.2) is 0 Å². The van der Waals surface area contributed by atoms with Gasteiger partial charge in [0.25, 0.3) is 0 Å². The molecule has 5 heteroatoms. The second-order valence-electron chi connectivity index (χ2n) is 4.87. The van der Waals surface area contributed by atoms with Gasteiger partial charge in [-0.25, -0.2) is 4.98 Å². The van der Waals surface area contributed by atoms with Crippen LogP contribution < -0.4 is 5.32 Å². The molecule has 19 heavy (non-hydrogen) atoms. The SMILES string of the molecule is Cc1csc(C(NC2CC2)c2cc(Cl)ccc2Br)n1. The third kappa shape index (κ3) is 3.19. The van der Waals surface area contributed by atoms with Gasteiger partial charge in [-0.3, -0.25) is 0 Å². The van der Waals surface area contributed by atoms with E-state index in [9.17, 15) is 0 Å². The molecule has 0 saturated heterocycles. The van der Waals surface area contributed by atoms with Crippen molar-refractivity contribution in [2.75, 3.05) is 0 Å². The smallest absolute Gasteiger partial charge is 0.114 e. The van der Waals surface area contributed by atoms with Gasteiger partial charge >= 0.3 is 0 Å². The molecule has 1 aromatic heterocycles. The molecule has 0 aliphatic heterocycles. The first kappa shape index (κ1) is 13.6. The maximum absolute atomic E-state index is 6.14. The molecule has 100 valence electrons. The standard InChI is InChI=1S/C14H14BrClN2S/c1-8-7-19-14(17-8)13(18-10-3-4-10)11-6-9(16)2-5-12(11)15/h2,5-7,10,13,18H,3-4H2,1H3. The summed E-state index contributed by atoms with van der Waals surface area (Å²) >= 11 is 11.5.